The van der Waals surface area contributed by atoms with E-state index in [0.717, 1.165) is 19.5 Å². The summed E-state index contributed by atoms with van der Waals surface area (Å²) in [5.74, 6) is 1.20. The second-order valence-electron chi connectivity index (χ2n) is 3.80. The molecule has 0 aromatic heterocycles. The first-order valence-corrected chi connectivity index (χ1v) is 5.18. The third-order valence-corrected chi connectivity index (χ3v) is 3.15. The lowest BCUT2D eigenvalue weighted by Crippen LogP contribution is -2.43. The normalized spacial score (nSPS) is 31.0. The van der Waals surface area contributed by atoms with Gasteiger partial charge in [-0.05, 0) is 18.9 Å². The summed E-state index contributed by atoms with van der Waals surface area (Å²) in [7, 11) is 0. The van der Waals surface area contributed by atoms with Crippen molar-refractivity contribution in [1.29, 1.82) is 0 Å². The third kappa shape index (κ3) is 2.20. The van der Waals surface area contributed by atoms with Crippen molar-refractivity contribution in [2.45, 2.75) is 39.2 Å². The summed E-state index contributed by atoms with van der Waals surface area (Å²) in [5, 5.41) is 13.1. The molecule has 1 saturated heterocycles. The van der Waals surface area contributed by atoms with E-state index in [-0.39, 0.29) is 6.10 Å². The van der Waals surface area contributed by atoms with Gasteiger partial charge in [0.1, 0.15) is 0 Å². The molecule has 1 heterocycles. The maximum absolute atomic E-state index is 9.76. The summed E-state index contributed by atoms with van der Waals surface area (Å²) < 4.78 is 0. The van der Waals surface area contributed by atoms with Crippen LogP contribution in [-0.2, 0) is 0 Å². The maximum Gasteiger partial charge on any atom is 0.0595 e. The molecule has 0 spiro atoms. The second kappa shape index (κ2) is 4.83. The Kier molecular flexibility index (Phi) is 4.02. The van der Waals surface area contributed by atoms with Crippen molar-refractivity contribution in [3.8, 4) is 0 Å². The first kappa shape index (κ1) is 10.0. The number of aliphatic hydroxyl groups excluding tert-OH is 1. The highest BCUT2D eigenvalue weighted by molar-refractivity contribution is 4.81. The lowest BCUT2D eigenvalue weighted by molar-refractivity contribution is 0.0436. The summed E-state index contributed by atoms with van der Waals surface area (Å²) in [5.41, 5.74) is 0. The van der Waals surface area contributed by atoms with Crippen molar-refractivity contribution >= 4 is 0 Å². The fraction of sp³-hybridized carbons (Fsp3) is 1.00. The molecule has 2 atom stereocenters. The first-order valence-electron chi connectivity index (χ1n) is 5.18. The van der Waals surface area contributed by atoms with Gasteiger partial charge in [-0.1, -0.05) is 26.7 Å². The number of nitrogens with one attached hydrogen (secondary N) is 1. The van der Waals surface area contributed by atoms with E-state index in [1.807, 2.05) is 0 Å². The van der Waals surface area contributed by atoms with Crippen LogP contribution in [0.1, 0.15) is 33.1 Å². The van der Waals surface area contributed by atoms with Crippen LogP contribution < -0.4 is 5.32 Å². The molecule has 0 amide bonds. The predicted octanol–water partition coefficient (Wildman–Crippen LogP) is 1.39. The molecule has 0 aromatic carbocycles. The van der Waals surface area contributed by atoms with Gasteiger partial charge in [0.25, 0.3) is 0 Å². The molecule has 1 fully saturated rings. The molecule has 0 aromatic rings. The van der Waals surface area contributed by atoms with Crippen molar-refractivity contribution in [2.75, 3.05) is 13.1 Å². The van der Waals surface area contributed by atoms with E-state index in [9.17, 15) is 5.11 Å². The first-order chi connectivity index (χ1) is 5.79. The minimum atomic E-state index is -0.0591. The highest BCUT2D eigenvalue weighted by Gasteiger charge is 2.28. The largest absolute Gasteiger partial charge is 0.393 e. The molecule has 1 rings (SSSR count). The quantitative estimate of drug-likeness (QED) is 0.672. The molecule has 2 unspecified atom stereocenters. The van der Waals surface area contributed by atoms with Gasteiger partial charge in [-0.15, -0.1) is 0 Å². The van der Waals surface area contributed by atoms with Gasteiger partial charge in [0, 0.05) is 12.5 Å². The van der Waals surface area contributed by atoms with Crippen LogP contribution in [0.4, 0.5) is 0 Å². The zero-order valence-electron chi connectivity index (χ0n) is 8.21. The molecule has 0 saturated carbocycles. The standard InChI is InChI=1S/C10H21NO/c1-3-8(4-2)9-7-11-6-5-10(9)12/h8-12H,3-7H2,1-2H3. The molecule has 0 radical (unpaired) electrons. The zero-order chi connectivity index (χ0) is 8.97. The van der Waals surface area contributed by atoms with Crippen molar-refractivity contribution in [3.63, 3.8) is 0 Å². The Morgan fingerprint density at radius 3 is 2.58 bits per heavy atom. The number of aliphatic hydroxyl groups is 1. The fourth-order valence-electron chi connectivity index (χ4n) is 2.24. The number of piperidine rings is 1. The summed E-state index contributed by atoms with van der Waals surface area (Å²) in [4.78, 5) is 0. The Hall–Kier alpha value is -0.0800. The second-order valence-corrected chi connectivity index (χ2v) is 3.80. The van der Waals surface area contributed by atoms with Gasteiger partial charge in [-0.25, -0.2) is 0 Å². The lowest BCUT2D eigenvalue weighted by Gasteiger charge is -2.33. The highest BCUT2D eigenvalue weighted by Crippen LogP contribution is 2.25. The molecule has 1 aliphatic rings. The Labute approximate surface area is 75.4 Å². The van der Waals surface area contributed by atoms with Gasteiger partial charge in [0.2, 0.25) is 0 Å². The Bertz CT molecular complexity index is 123. The van der Waals surface area contributed by atoms with E-state index in [4.69, 9.17) is 0 Å². The molecule has 72 valence electrons. The van der Waals surface area contributed by atoms with Gasteiger partial charge in [0.05, 0.1) is 6.10 Å². The fourth-order valence-corrected chi connectivity index (χ4v) is 2.24. The minimum Gasteiger partial charge on any atom is -0.393 e. The Morgan fingerprint density at radius 2 is 2.08 bits per heavy atom. The molecular formula is C10H21NO. The summed E-state index contributed by atoms with van der Waals surface area (Å²) >= 11 is 0. The average molecular weight is 171 g/mol. The number of rotatable bonds is 3. The summed E-state index contributed by atoms with van der Waals surface area (Å²) in [6.07, 6.45) is 3.26. The van der Waals surface area contributed by atoms with Gasteiger partial charge < -0.3 is 10.4 Å². The SMILES string of the molecule is CCC(CC)C1CNCCC1O. The lowest BCUT2D eigenvalue weighted by atomic mass is 9.81. The van der Waals surface area contributed by atoms with E-state index in [1.165, 1.54) is 12.8 Å². The molecular weight excluding hydrogens is 150 g/mol. The third-order valence-electron chi connectivity index (χ3n) is 3.15. The van der Waals surface area contributed by atoms with Crippen LogP contribution in [0.2, 0.25) is 0 Å². The summed E-state index contributed by atoms with van der Waals surface area (Å²) in [6.45, 7) is 6.43. The molecule has 2 nitrogen and oxygen atoms in total. The molecule has 0 bridgehead atoms. The van der Waals surface area contributed by atoms with E-state index >= 15 is 0 Å². The average Bonchev–Trinajstić information content (AvgIpc) is 2.10. The number of hydrogen-bond donors (Lipinski definition) is 2. The van der Waals surface area contributed by atoms with E-state index in [2.05, 4.69) is 19.2 Å². The monoisotopic (exact) mass is 171 g/mol. The van der Waals surface area contributed by atoms with Crippen molar-refractivity contribution < 1.29 is 5.11 Å². The molecule has 0 aliphatic carbocycles. The van der Waals surface area contributed by atoms with Crippen molar-refractivity contribution in [3.05, 3.63) is 0 Å². The van der Waals surface area contributed by atoms with Gasteiger partial charge in [-0.3, -0.25) is 0 Å². The Morgan fingerprint density at radius 1 is 1.42 bits per heavy atom. The zero-order valence-corrected chi connectivity index (χ0v) is 8.21. The molecule has 12 heavy (non-hydrogen) atoms. The maximum atomic E-state index is 9.76. The van der Waals surface area contributed by atoms with E-state index in [1.54, 1.807) is 0 Å². The van der Waals surface area contributed by atoms with Crippen LogP contribution in [0.5, 0.6) is 0 Å². The van der Waals surface area contributed by atoms with Crippen LogP contribution in [0, 0.1) is 11.8 Å². The van der Waals surface area contributed by atoms with Gasteiger partial charge in [-0.2, -0.15) is 0 Å². The van der Waals surface area contributed by atoms with Crippen LogP contribution in [0.25, 0.3) is 0 Å². The van der Waals surface area contributed by atoms with Gasteiger partial charge >= 0.3 is 0 Å². The molecule has 2 heteroatoms. The smallest absolute Gasteiger partial charge is 0.0595 e. The molecule has 2 N–H and O–H groups in total. The van der Waals surface area contributed by atoms with E-state index in [0.29, 0.717) is 11.8 Å². The predicted molar refractivity (Wildman–Crippen MR) is 51.1 cm³/mol. The van der Waals surface area contributed by atoms with Crippen molar-refractivity contribution in [1.82, 2.24) is 5.32 Å². The highest BCUT2D eigenvalue weighted by atomic mass is 16.3. The number of hydrogen-bond acceptors (Lipinski definition) is 2. The van der Waals surface area contributed by atoms with Crippen molar-refractivity contribution in [2.24, 2.45) is 11.8 Å². The summed E-state index contributed by atoms with van der Waals surface area (Å²) in [6, 6.07) is 0. The van der Waals surface area contributed by atoms with E-state index < -0.39 is 0 Å². The molecule has 1 aliphatic heterocycles. The van der Waals surface area contributed by atoms with Crippen LogP contribution in [-0.4, -0.2) is 24.3 Å². The van der Waals surface area contributed by atoms with Crippen LogP contribution in [0.3, 0.4) is 0 Å². The van der Waals surface area contributed by atoms with Crippen LogP contribution in [0.15, 0.2) is 0 Å². The Balaban J connectivity index is 2.45. The minimum absolute atomic E-state index is 0.0591. The van der Waals surface area contributed by atoms with Gasteiger partial charge in [0.15, 0.2) is 0 Å². The topological polar surface area (TPSA) is 32.3 Å². The van der Waals surface area contributed by atoms with Crippen LogP contribution >= 0.6 is 0 Å².